The summed E-state index contributed by atoms with van der Waals surface area (Å²) in [6.45, 7) is 1.96. The number of benzene rings is 2. The summed E-state index contributed by atoms with van der Waals surface area (Å²) in [6, 6.07) is 11.4. The van der Waals surface area contributed by atoms with Crippen molar-refractivity contribution in [1.29, 1.82) is 0 Å². The summed E-state index contributed by atoms with van der Waals surface area (Å²) in [7, 11) is 1.83. The quantitative estimate of drug-likeness (QED) is 0.726. The van der Waals surface area contributed by atoms with Gasteiger partial charge in [0, 0.05) is 28.0 Å². The Balaban J connectivity index is 2.23. The molecule has 1 aromatic heterocycles. The van der Waals surface area contributed by atoms with E-state index in [1.807, 2.05) is 50.4 Å². The van der Waals surface area contributed by atoms with E-state index in [-0.39, 0.29) is 0 Å². The Hall–Kier alpha value is -1.84. The molecular formula is C16H13Cl2N3. The van der Waals surface area contributed by atoms with Crippen LogP contribution in [0, 0.1) is 6.92 Å². The second-order valence-corrected chi connectivity index (χ2v) is 5.61. The molecule has 21 heavy (non-hydrogen) atoms. The van der Waals surface area contributed by atoms with Gasteiger partial charge in [-0.25, -0.2) is 9.97 Å². The maximum atomic E-state index is 6.07. The number of aromatic nitrogens is 2. The number of halogens is 2. The third-order valence-electron chi connectivity index (χ3n) is 3.31. The van der Waals surface area contributed by atoms with Gasteiger partial charge < -0.3 is 5.32 Å². The van der Waals surface area contributed by atoms with E-state index in [0.29, 0.717) is 10.8 Å². The number of rotatable bonds is 2. The third kappa shape index (κ3) is 2.67. The van der Waals surface area contributed by atoms with E-state index in [4.69, 9.17) is 23.2 Å². The van der Waals surface area contributed by atoms with Crippen molar-refractivity contribution >= 4 is 39.9 Å². The molecular weight excluding hydrogens is 305 g/mol. The Morgan fingerprint density at radius 3 is 2.52 bits per heavy atom. The molecule has 5 heteroatoms. The molecule has 0 atom stereocenters. The summed E-state index contributed by atoms with van der Waals surface area (Å²) in [5, 5.41) is 5.40. The molecule has 3 nitrogen and oxygen atoms in total. The van der Waals surface area contributed by atoms with E-state index in [2.05, 4.69) is 15.3 Å². The summed E-state index contributed by atoms with van der Waals surface area (Å²) in [5.74, 6) is 1.42. The van der Waals surface area contributed by atoms with Crippen LogP contribution < -0.4 is 5.32 Å². The van der Waals surface area contributed by atoms with Crippen LogP contribution in [0.3, 0.4) is 0 Å². The molecule has 1 heterocycles. The largest absolute Gasteiger partial charge is 0.373 e. The van der Waals surface area contributed by atoms with Gasteiger partial charge in [0.15, 0.2) is 5.82 Å². The van der Waals surface area contributed by atoms with E-state index in [0.717, 1.165) is 32.9 Å². The fourth-order valence-corrected chi connectivity index (χ4v) is 2.49. The molecule has 0 aliphatic heterocycles. The van der Waals surface area contributed by atoms with E-state index in [1.165, 1.54) is 0 Å². The zero-order chi connectivity index (χ0) is 15.0. The normalized spacial score (nSPS) is 10.9. The van der Waals surface area contributed by atoms with Gasteiger partial charge in [-0.1, -0.05) is 23.2 Å². The predicted octanol–water partition coefficient (Wildman–Crippen LogP) is 4.95. The predicted molar refractivity (Wildman–Crippen MR) is 89.3 cm³/mol. The first-order chi connectivity index (χ1) is 10.1. The SMILES string of the molecule is CNc1nc(-c2ccc(Cl)c(C)c2)nc2ccc(Cl)cc12. The van der Waals surface area contributed by atoms with E-state index >= 15 is 0 Å². The topological polar surface area (TPSA) is 37.8 Å². The molecule has 0 spiro atoms. The van der Waals surface area contributed by atoms with Gasteiger partial charge in [-0.15, -0.1) is 0 Å². The molecule has 0 amide bonds. The Labute approximate surface area is 132 Å². The summed E-state index contributed by atoms with van der Waals surface area (Å²) in [5.41, 5.74) is 2.78. The standard InChI is InChI=1S/C16H13Cl2N3/c1-9-7-10(3-5-13(9)18)15-20-14-6-4-11(17)8-12(14)16(19-2)21-15/h3-8H,1-2H3,(H,19,20,21). The smallest absolute Gasteiger partial charge is 0.162 e. The highest BCUT2D eigenvalue weighted by Gasteiger charge is 2.10. The molecule has 0 aliphatic rings. The molecule has 0 unspecified atom stereocenters. The number of fused-ring (bicyclic) bond motifs is 1. The highest BCUT2D eigenvalue weighted by Crippen LogP contribution is 2.28. The highest BCUT2D eigenvalue weighted by atomic mass is 35.5. The molecule has 0 fully saturated rings. The van der Waals surface area contributed by atoms with Crippen molar-refractivity contribution < 1.29 is 0 Å². The lowest BCUT2D eigenvalue weighted by Crippen LogP contribution is -1.99. The van der Waals surface area contributed by atoms with Gasteiger partial charge >= 0.3 is 0 Å². The van der Waals surface area contributed by atoms with Gasteiger partial charge in [0.2, 0.25) is 0 Å². The molecule has 0 radical (unpaired) electrons. The summed E-state index contributed by atoms with van der Waals surface area (Å²) in [6.07, 6.45) is 0. The van der Waals surface area contributed by atoms with Crippen LogP contribution in [-0.2, 0) is 0 Å². The summed E-state index contributed by atoms with van der Waals surface area (Å²) >= 11 is 12.1. The maximum Gasteiger partial charge on any atom is 0.162 e. The number of nitrogens with one attached hydrogen (secondary N) is 1. The highest BCUT2D eigenvalue weighted by molar-refractivity contribution is 6.31. The monoisotopic (exact) mass is 317 g/mol. The number of hydrogen-bond donors (Lipinski definition) is 1. The molecule has 0 aliphatic carbocycles. The summed E-state index contributed by atoms with van der Waals surface area (Å²) < 4.78 is 0. The van der Waals surface area contributed by atoms with Crippen LogP contribution in [0.15, 0.2) is 36.4 Å². The minimum Gasteiger partial charge on any atom is -0.373 e. The van der Waals surface area contributed by atoms with Crippen LogP contribution in [0.5, 0.6) is 0 Å². The van der Waals surface area contributed by atoms with Gasteiger partial charge in [0.05, 0.1) is 5.52 Å². The van der Waals surface area contributed by atoms with Crippen LogP contribution in [0.25, 0.3) is 22.3 Å². The van der Waals surface area contributed by atoms with Crippen molar-refractivity contribution in [3.8, 4) is 11.4 Å². The van der Waals surface area contributed by atoms with Crippen molar-refractivity contribution in [2.45, 2.75) is 6.92 Å². The van der Waals surface area contributed by atoms with E-state index in [1.54, 1.807) is 0 Å². The van der Waals surface area contributed by atoms with Gasteiger partial charge in [-0.2, -0.15) is 0 Å². The molecule has 2 aromatic carbocycles. The first kappa shape index (κ1) is 14.1. The zero-order valence-electron chi connectivity index (χ0n) is 11.6. The van der Waals surface area contributed by atoms with Crippen LogP contribution in [0.1, 0.15) is 5.56 Å². The average Bonchev–Trinajstić information content (AvgIpc) is 2.49. The molecule has 106 valence electrons. The minimum absolute atomic E-state index is 0.661. The fourth-order valence-electron chi connectivity index (χ4n) is 2.20. The van der Waals surface area contributed by atoms with Crippen molar-refractivity contribution in [3.05, 3.63) is 52.0 Å². The Morgan fingerprint density at radius 1 is 1.00 bits per heavy atom. The number of anilines is 1. The first-order valence-electron chi connectivity index (χ1n) is 6.50. The van der Waals surface area contributed by atoms with Crippen molar-refractivity contribution in [2.75, 3.05) is 12.4 Å². The summed E-state index contributed by atoms with van der Waals surface area (Å²) in [4.78, 5) is 9.19. The molecule has 0 bridgehead atoms. The minimum atomic E-state index is 0.661. The van der Waals surface area contributed by atoms with E-state index in [9.17, 15) is 0 Å². The van der Waals surface area contributed by atoms with Crippen LogP contribution in [0.4, 0.5) is 5.82 Å². The third-order valence-corrected chi connectivity index (χ3v) is 3.97. The number of nitrogens with zero attached hydrogens (tertiary/aromatic N) is 2. The zero-order valence-corrected chi connectivity index (χ0v) is 13.1. The van der Waals surface area contributed by atoms with E-state index < -0.39 is 0 Å². The molecule has 0 saturated carbocycles. The number of hydrogen-bond acceptors (Lipinski definition) is 3. The lowest BCUT2D eigenvalue weighted by molar-refractivity contribution is 1.21. The fraction of sp³-hybridized carbons (Fsp3) is 0.125. The van der Waals surface area contributed by atoms with Gasteiger partial charge in [0.25, 0.3) is 0 Å². The van der Waals surface area contributed by atoms with Gasteiger partial charge in [0.1, 0.15) is 5.82 Å². The van der Waals surface area contributed by atoms with Gasteiger partial charge in [-0.05, 0) is 48.9 Å². The van der Waals surface area contributed by atoms with Gasteiger partial charge in [-0.3, -0.25) is 0 Å². The Morgan fingerprint density at radius 2 is 1.81 bits per heavy atom. The average molecular weight is 318 g/mol. The lowest BCUT2D eigenvalue weighted by atomic mass is 10.1. The van der Waals surface area contributed by atoms with Crippen LogP contribution in [-0.4, -0.2) is 17.0 Å². The Bertz CT molecular complexity index is 831. The molecule has 0 saturated heterocycles. The first-order valence-corrected chi connectivity index (χ1v) is 7.25. The van der Waals surface area contributed by atoms with Crippen LogP contribution in [0.2, 0.25) is 10.0 Å². The second-order valence-electron chi connectivity index (χ2n) is 4.77. The van der Waals surface area contributed by atoms with Crippen molar-refractivity contribution in [2.24, 2.45) is 0 Å². The van der Waals surface area contributed by atoms with Crippen molar-refractivity contribution in [3.63, 3.8) is 0 Å². The van der Waals surface area contributed by atoms with Crippen LogP contribution >= 0.6 is 23.2 Å². The molecule has 1 N–H and O–H groups in total. The Kier molecular flexibility index (Phi) is 3.70. The van der Waals surface area contributed by atoms with Crippen molar-refractivity contribution in [1.82, 2.24) is 9.97 Å². The number of aryl methyl sites for hydroxylation is 1. The molecule has 3 rings (SSSR count). The maximum absolute atomic E-state index is 6.07. The molecule has 3 aromatic rings. The second kappa shape index (κ2) is 5.51. The lowest BCUT2D eigenvalue weighted by Gasteiger charge is -2.09.